The molecule has 1 amide bonds. The number of hydrogen-bond acceptors (Lipinski definition) is 3. The highest BCUT2D eigenvalue weighted by atomic mass is 16.3. The Hall–Kier alpha value is -2.92. The van der Waals surface area contributed by atoms with E-state index in [-0.39, 0.29) is 12.5 Å². The number of nitrogens with one attached hydrogen (secondary N) is 1. The van der Waals surface area contributed by atoms with Crippen molar-refractivity contribution >= 4 is 11.6 Å². The lowest BCUT2D eigenvalue weighted by atomic mass is 10.1. The van der Waals surface area contributed by atoms with E-state index in [0.717, 1.165) is 28.2 Å². The third kappa shape index (κ3) is 4.37. The van der Waals surface area contributed by atoms with Crippen molar-refractivity contribution in [1.29, 1.82) is 0 Å². The van der Waals surface area contributed by atoms with E-state index >= 15 is 0 Å². The van der Waals surface area contributed by atoms with Crippen molar-refractivity contribution in [3.05, 3.63) is 82.7 Å². The number of anilines is 1. The predicted octanol–water partition coefficient (Wildman–Crippen LogP) is 3.34. The number of aliphatic hydroxyl groups excluding tert-OH is 1. The van der Waals surface area contributed by atoms with Gasteiger partial charge < -0.3 is 10.4 Å². The van der Waals surface area contributed by atoms with Crippen molar-refractivity contribution in [2.75, 3.05) is 11.9 Å². The highest BCUT2D eigenvalue weighted by Crippen LogP contribution is 2.13. The van der Waals surface area contributed by atoms with Gasteiger partial charge in [-0.05, 0) is 61.7 Å². The highest BCUT2D eigenvalue weighted by molar-refractivity contribution is 6.04. The first-order chi connectivity index (χ1) is 12.5. The number of aryl methyl sites for hydroxylation is 2. The monoisotopic (exact) mass is 349 g/mol. The first kappa shape index (κ1) is 17.9. The van der Waals surface area contributed by atoms with Gasteiger partial charge in [-0.25, -0.2) is 0 Å². The summed E-state index contributed by atoms with van der Waals surface area (Å²) >= 11 is 0. The molecule has 0 bridgehead atoms. The van der Waals surface area contributed by atoms with Crippen LogP contribution in [0.15, 0.2) is 54.6 Å². The second-order valence-electron chi connectivity index (χ2n) is 6.41. The fraction of sp³-hybridized carbons (Fsp3) is 0.238. The molecule has 3 rings (SSSR count). The van der Waals surface area contributed by atoms with E-state index in [4.69, 9.17) is 5.11 Å². The van der Waals surface area contributed by atoms with Gasteiger partial charge in [0.25, 0.3) is 5.91 Å². The lowest BCUT2D eigenvalue weighted by molar-refractivity contribution is 0.102. The van der Waals surface area contributed by atoms with Crippen molar-refractivity contribution in [3.8, 4) is 0 Å². The molecule has 0 aliphatic rings. The van der Waals surface area contributed by atoms with Crippen LogP contribution in [0, 0.1) is 13.8 Å². The minimum atomic E-state index is -0.141. The molecule has 0 unspecified atom stereocenters. The second kappa shape index (κ2) is 7.97. The molecule has 3 aromatic rings. The third-order valence-corrected chi connectivity index (χ3v) is 4.26. The Labute approximate surface area is 153 Å². The Kier molecular flexibility index (Phi) is 5.49. The average molecular weight is 349 g/mol. The molecule has 1 heterocycles. The molecule has 134 valence electrons. The predicted molar refractivity (Wildman–Crippen MR) is 102 cm³/mol. The zero-order valence-electron chi connectivity index (χ0n) is 15.1. The summed E-state index contributed by atoms with van der Waals surface area (Å²) < 4.78 is 1.96. The molecule has 0 fully saturated rings. The van der Waals surface area contributed by atoms with Crippen LogP contribution < -0.4 is 5.32 Å². The molecule has 0 radical (unpaired) electrons. The number of aromatic nitrogens is 2. The van der Waals surface area contributed by atoms with Crippen molar-refractivity contribution in [3.63, 3.8) is 0 Å². The molecule has 5 nitrogen and oxygen atoms in total. The summed E-state index contributed by atoms with van der Waals surface area (Å²) in [5, 5.41) is 16.3. The molecule has 0 atom stereocenters. The van der Waals surface area contributed by atoms with Crippen molar-refractivity contribution in [2.24, 2.45) is 0 Å². The van der Waals surface area contributed by atoms with Crippen molar-refractivity contribution < 1.29 is 9.90 Å². The van der Waals surface area contributed by atoms with E-state index in [0.29, 0.717) is 18.5 Å². The summed E-state index contributed by atoms with van der Waals surface area (Å²) in [5.41, 5.74) is 5.61. The van der Waals surface area contributed by atoms with Gasteiger partial charge in [0.15, 0.2) is 0 Å². The molecule has 2 N–H and O–H groups in total. The number of carbonyl (C=O) groups is 1. The molecule has 0 saturated carbocycles. The van der Waals surface area contributed by atoms with Crippen LogP contribution in [-0.4, -0.2) is 27.4 Å². The molecule has 0 spiro atoms. The van der Waals surface area contributed by atoms with Crippen LogP contribution in [0.25, 0.3) is 0 Å². The summed E-state index contributed by atoms with van der Waals surface area (Å²) in [6.45, 7) is 4.82. The van der Waals surface area contributed by atoms with Gasteiger partial charge >= 0.3 is 0 Å². The number of hydrogen-bond donors (Lipinski definition) is 2. The number of amides is 1. The molecular weight excluding hydrogens is 326 g/mol. The van der Waals surface area contributed by atoms with Gasteiger partial charge in [0.2, 0.25) is 0 Å². The van der Waals surface area contributed by atoms with Gasteiger partial charge in [0.1, 0.15) is 0 Å². The zero-order chi connectivity index (χ0) is 18.5. The molecule has 26 heavy (non-hydrogen) atoms. The SMILES string of the molecule is Cc1cc(C)n(Cc2ccc(C(=O)Nc3ccc(CCO)cc3)cc2)n1. The van der Waals surface area contributed by atoms with Crippen LogP contribution in [0.2, 0.25) is 0 Å². The molecule has 0 aliphatic heterocycles. The Bertz CT molecular complexity index is 881. The number of rotatable bonds is 6. The lowest BCUT2D eigenvalue weighted by Gasteiger charge is -2.08. The maximum absolute atomic E-state index is 12.4. The average Bonchev–Trinajstić information content (AvgIpc) is 2.94. The topological polar surface area (TPSA) is 67.2 Å². The molecular formula is C21H23N3O2. The Balaban J connectivity index is 1.64. The first-order valence-corrected chi connectivity index (χ1v) is 8.66. The number of benzene rings is 2. The van der Waals surface area contributed by atoms with Crippen LogP contribution in [0.3, 0.4) is 0 Å². The quantitative estimate of drug-likeness (QED) is 0.717. The number of aliphatic hydroxyl groups is 1. The third-order valence-electron chi connectivity index (χ3n) is 4.26. The number of carbonyl (C=O) groups excluding carboxylic acids is 1. The fourth-order valence-corrected chi connectivity index (χ4v) is 2.86. The van der Waals surface area contributed by atoms with Crippen LogP contribution in [0.4, 0.5) is 5.69 Å². The van der Waals surface area contributed by atoms with Gasteiger partial charge in [0.05, 0.1) is 12.2 Å². The Morgan fingerprint density at radius 3 is 2.27 bits per heavy atom. The van der Waals surface area contributed by atoms with Gasteiger partial charge in [-0.2, -0.15) is 5.10 Å². The first-order valence-electron chi connectivity index (χ1n) is 8.66. The number of nitrogens with zero attached hydrogens (tertiary/aromatic N) is 2. The second-order valence-corrected chi connectivity index (χ2v) is 6.41. The van der Waals surface area contributed by atoms with Crippen LogP contribution in [0.5, 0.6) is 0 Å². The Morgan fingerprint density at radius 1 is 1.04 bits per heavy atom. The maximum Gasteiger partial charge on any atom is 0.255 e. The van der Waals surface area contributed by atoms with E-state index in [2.05, 4.69) is 10.4 Å². The summed E-state index contributed by atoms with van der Waals surface area (Å²) in [6, 6.07) is 17.1. The standard InChI is InChI=1S/C21H23N3O2/c1-15-13-16(2)24(23-15)14-18-3-7-19(8-4-18)21(26)22-20-9-5-17(6-10-20)11-12-25/h3-10,13,25H,11-12,14H2,1-2H3,(H,22,26). The smallest absolute Gasteiger partial charge is 0.255 e. The van der Waals surface area contributed by atoms with Gasteiger partial charge in [-0.3, -0.25) is 9.48 Å². The van der Waals surface area contributed by atoms with E-state index in [1.807, 2.05) is 73.1 Å². The van der Waals surface area contributed by atoms with E-state index in [9.17, 15) is 4.79 Å². The summed E-state index contributed by atoms with van der Waals surface area (Å²) in [7, 11) is 0. The van der Waals surface area contributed by atoms with Crippen LogP contribution in [-0.2, 0) is 13.0 Å². The highest BCUT2D eigenvalue weighted by Gasteiger charge is 2.07. The van der Waals surface area contributed by atoms with E-state index < -0.39 is 0 Å². The molecule has 2 aromatic carbocycles. The normalized spacial score (nSPS) is 10.7. The van der Waals surface area contributed by atoms with Gasteiger partial charge in [0, 0.05) is 23.6 Å². The minimum absolute atomic E-state index is 0.121. The van der Waals surface area contributed by atoms with Crippen LogP contribution in [0.1, 0.15) is 32.9 Å². The molecule has 5 heteroatoms. The van der Waals surface area contributed by atoms with Crippen LogP contribution >= 0.6 is 0 Å². The van der Waals surface area contributed by atoms with Crippen molar-refractivity contribution in [2.45, 2.75) is 26.8 Å². The summed E-state index contributed by atoms with van der Waals surface area (Å²) in [4.78, 5) is 12.4. The minimum Gasteiger partial charge on any atom is -0.396 e. The zero-order valence-corrected chi connectivity index (χ0v) is 15.1. The lowest BCUT2D eigenvalue weighted by Crippen LogP contribution is -2.12. The fourth-order valence-electron chi connectivity index (χ4n) is 2.86. The summed E-state index contributed by atoms with van der Waals surface area (Å²) in [6.07, 6.45) is 0.616. The summed E-state index contributed by atoms with van der Waals surface area (Å²) in [5.74, 6) is -0.141. The maximum atomic E-state index is 12.4. The molecule has 0 aliphatic carbocycles. The van der Waals surface area contributed by atoms with Gasteiger partial charge in [-0.15, -0.1) is 0 Å². The van der Waals surface area contributed by atoms with Gasteiger partial charge in [-0.1, -0.05) is 24.3 Å². The van der Waals surface area contributed by atoms with Crippen molar-refractivity contribution in [1.82, 2.24) is 9.78 Å². The molecule has 1 aromatic heterocycles. The van der Waals surface area contributed by atoms with E-state index in [1.54, 1.807) is 0 Å². The van der Waals surface area contributed by atoms with E-state index in [1.165, 1.54) is 0 Å². The Morgan fingerprint density at radius 2 is 1.69 bits per heavy atom. The largest absolute Gasteiger partial charge is 0.396 e. The molecule has 0 saturated heterocycles.